The Labute approximate surface area is 265 Å². The molecule has 2 fully saturated rings. The van der Waals surface area contributed by atoms with Crippen LogP contribution >= 0.6 is 0 Å². The zero-order valence-electron chi connectivity index (χ0n) is 25.2. The van der Waals surface area contributed by atoms with Crippen LogP contribution in [-0.4, -0.2) is 66.0 Å². The third-order valence-electron chi connectivity index (χ3n) is 8.50. The minimum absolute atomic E-state index is 0.0736. The lowest BCUT2D eigenvalue weighted by Crippen LogP contribution is -2.36. The lowest BCUT2D eigenvalue weighted by atomic mass is 9.90. The molecular formula is C34H35F3N6O3. The SMILES string of the molecule is O=C(Nc1ccc(N2CCCN(C(=O)Cc3ccccc3)CC2)nc1)c1oc(N2CCC(c3ccccc3)CC2)nc1C(F)(F)F. The largest absolute Gasteiger partial charge is 0.437 e. The van der Waals surface area contributed by atoms with E-state index in [-0.39, 0.29) is 17.6 Å². The molecule has 2 aromatic heterocycles. The first kappa shape index (κ1) is 31.1. The van der Waals surface area contributed by atoms with Gasteiger partial charge in [-0.25, -0.2) is 4.98 Å². The number of rotatable bonds is 7. The number of oxazole rings is 1. The normalized spacial score (nSPS) is 16.3. The number of benzene rings is 2. The molecule has 2 aliphatic heterocycles. The number of nitrogens with one attached hydrogen (secondary N) is 1. The van der Waals surface area contributed by atoms with Crippen LogP contribution in [0, 0.1) is 0 Å². The van der Waals surface area contributed by atoms with Crippen molar-refractivity contribution in [1.29, 1.82) is 0 Å². The fourth-order valence-corrected chi connectivity index (χ4v) is 6.03. The Morgan fingerprint density at radius 3 is 2.24 bits per heavy atom. The van der Waals surface area contributed by atoms with Crippen molar-refractivity contribution in [3.63, 3.8) is 0 Å². The smallest absolute Gasteiger partial charge is 0.417 e. The highest BCUT2D eigenvalue weighted by Gasteiger charge is 2.42. The summed E-state index contributed by atoms with van der Waals surface area (Å²) < 4.78 is 47.3. The van der Waals surface area contributed by atoms with E-state index in [2.05, 4.69) is 27.4 Å². The summed E-state index contributed by atoms with van der Waals surface area (Å²) >= 11 is 0. The average molecular weight is 633 g/mol. The fraction of sp³-hybridized carbons (Fsp3) is 0.353. The molecule has 46 heavy (non-hydrogen) atoms. The van der Waals surface area contributed by atoms with Crippen molar-refractivity contribution in [3.8, 4) is 0 Å². The molecule has 0 radical (unpaired) electrons. The van der Waals surface area contributed by atoms with Crippen LogP contribution in [0.2, 0.25) is 0 Å². The second-order valence-corrected chi connectivity index (χ2v) is 11.6. The van der Waals surface area contributed by atoms with E-state index < -0.39 is 23.5 Å². The van der Waals surface area contributed by atoms with Gasteiger partial charge in [-0.15, -0.1) is 0 Å². The van der Waals surface area contributed by atoms with Crippen LogP contribution < -0.4 is 15.1 Å². The molecule has 2 amide bonds. The topological polar surface area (TPSA) is 94.8 Å². The molecule has 2 aliphatic rings. The summed E-state index contributed by atoms with van der Waals surface area (Å²) in [5, 5.41) is 2.48. The zero-order valence-corrected chi connectivity index (χ0v) is 25.2. The first-order valence-electron chi connectivity index (χ1n) is 15.5. The van der Waals surface area contributed by atoms with Gasteiger partial charge in [-0.05, 0) is 48.4 Å². The minimum atomic E-state index is -4.87. The van der Waals surface area contributed by atoms with Gasteiger partial charge in [0.05, 0.1) is 18.3 Å². The van der Waals surface area contributed by atoms with E-state index in [1.54, 1.807) is 17.0 Å². The van der Waals surface area contributed by atoms with Crippen molar-refractivity contribution in [2.24, 2.45) is 0 Å². The number of carbonyl (C=O) groups is 2. The van der Waals surface area contributed by atoms with Gasteiger partial charge in [0, 0.05) is 39.3 Å². The summed E-state index contributed by atoms with van der Waals surface area (Å²) in [7, 11) is 0. The van der Waals surface area contributed by atoms with Gasteiger partial charge in [0.15, 0.2) is 5.69 Å². The predicted molar refractivity (Wildman–Crippen MR) is 168 cm³/mol. The van der Waals surface area contributed by atoms with Crippen LogP contribution in [0.15, 0.2) is 83.4 Å². The van der Waals surface area contributed by atoms with Gasteiger partial charge in [0.1, 0.15) is 5.82 Å². The molecule has 0 spiro atoms. The monoisotopic (exact) mass is 632 g/mol. The second-order valence-electron chi connectivity index (χ2n) is 11.6. The Morgan fingerprint density at radius 2 is 1.57 bits per heavy atom. The van der Waals surface area contributed by atoms with Gasteiger partial charge in [-0.1, -0.05) is 60.7 Å². The summed E-state index contributed by atoms with van der Waals surface area (Å²) in [4.78, 5) is 39.6. The Hall–Kier alpha value is -4.87. The lowest BCUT2D eigenvalue weighted by molar-refractivity contribution is -0.141. The Morgan fingerprint density at radius 1 is 0.848 bits per heavy atom. The number of alkyl halides is 3. The molecule has 0 unspecified atom stereocenters. The zero-order chi connectivity index (χ0) is 32.1. The molecule has 6 rings (SSSR count). The summed E-state index contributed by atoms with van der Waals surface area (Å²) in [6, 6.07) is 22.7. The molecule has 4 heterocycles. The van der Waals surface area contributed by atoms with E-state index >= 15 is 0 Å². The summed E-state index contributed by atoms with van der Waals surface area (Å²) in [5.41, 5.74) is 1.03. The van der Waals surface area contributed by atoms with Gasteiger partial charge in [-0.2, -0.15) is 18.2 Å². The van der Waals surface area contributed by atoms with Crippen molar-refractivity contribution in [2.45, 2.75) is 37.8 Å². The van der Waals surface area contributed by atoms with E-state index in [4.69, 9.17) is 4.42 Å². The van der Waals surface area contributed by atoms with E-state index in [1.165, 1.54) is 11.8 Å². The summed E-state index contributed by atoms with van der Waals surface area (Å²) in [6.07, 6.45) is -0.905. The molecule has 2 aromatic carbocycles. The highest BCUT2D eigenvalue weighted by molar-refractivity contribution is 6.03. The molecule has 0 aliphatic carbocycles. The number of aromatic nitrogens is 2. The molecule has 9 nitrogen and oxygen atoms in total. The molecule has 2 saturated heterocycles. The standard InChI is InChI=1S/C34H35F3N6O3/c35-34(36,37)31-30(46-33(40-31)43-18-14-26(15-19-43)25-10-5-2-6-11-25)32(45)39-27-12-13-28(38-23-27)41-16-7-17-42(21-20-41)29(44)22-24-8-3-1-4-9-24/h1-6,8-13,23,26H,7,14-22H2,(H,39,45). The highest BCUT2D eigenvalue weighted by atomic mass is 19.4. The van der Waals surface area contributed by atoms with Gasteiger partial charge < -0.3 is 24.4 Å². The van der Waals surface area contributed by atoms with E-state index in [9.17, 15) is 22.8 Å². The van der Waals surface area contributed by atoms with Gasteiger partial charge >= 0.3 is 6.18 Å². The van der Waals surface area contributed by atoms with Gasteiger partial charge in [0.25, 0.3) is 11.9 Å². The maximum atomic E-state index is 13.9. The number of nitrogens with zero attached hydrogens (tertiary/aromatic N) is 5. The van der Waals surface area contributed by atoms with Crippen molar-refractivity contribution in [2.75, 3.05) is 54.4 Å². The van der Waals surface area contributed by atoms with Crippen LogP contribution in [0.25, 0.3) is 0 Å². The van der Waals surface area contributed by atoms with Gasteiger partial charge in [-0.3, -0.25) is 9.59 Å². The highest BCUT2D eigenvalue weighted by Crippen LogP contribution is 2.36. The number of hydrogen-bond acceptors (Lipinski definition) is 7. The quantitative estimate of drug-likeness (QED) is 0.267. The molecule has 240 valence electrons. The molecule has 12 heteroatoms. The maximum absolute atomic E-state index is 13.9. The molecule has 0 bridgehead atoms. The van der Waals surface area contributed by atoms with Crippen molar-refractivity contribution in [1.82, 2.24) is 14.9 Å². The number of hydrogen-bond donors (Lipinski definition) is 1. The molecule has 0 atom stereocenters. The van der Waals surface area contributed by atoms with Crippen molar-refractivity contribution in [3.05, 3.63) is 102 Å². The molecule has 0 saturated carbocycles. The Kier molecular flexibility index (Phi) is 9.23. The number of carbonyl (C=O) groups excluding carboxylic acids is 2. The fourth-order valence-electron chi connectivity index (χ4n) is 6.03. The number of anilines is 3. The van der Waals surface area contributed by atoms with E-state index in [0.717, 1.165) is 24.8 Å². The third kappa shape index (κ3) is 7.32. The van der Waals surface area contributed by atoms with Crippen LogP contribution in [0.1, 0.15) is 52.6 Å². The maximum Gasteiger partial charge on any atom is 0.437 e. The van der Waals surface area contributed by atoms with Gasteiger partial charge in [0.2, 0.25) is 11.7 Å². The Balaban J connectivity index is 1.07. The van der Waals surface area contributed by atoms with E-state index in [0.29, 0.717) is 57.4 Å². The number of amides is 2. The summed E-state index contributed by atoms with van der Waals surface area (Å²) in [5.74, 6) is -0.925. The van der Waals surface area contributed by atoms with Crippen LogP contribution in [0.3, 0.4) is 0 Å². The average Bonchev–Trinajstić information content (AvgIpc) is 3.39. The lowest BCUT2D eigenvalue weighted by Gasteiger charge is -2.31. The number of piperidine rings is 1. The first-order chi connectivity index (χ1) is 22.2. The molecule has 4 aromatic rings. The third-order valence-corrected chi connectivity index (χ3v) is 8.50. The van der Waals surface area contributed by atoms with Crippen molar-refractivity contribution < 1.29 is 27.2 Å². The van der Waals surface area contributed by atoms with Crippen LogP contribution in [0.5, 0.6) is 0 Å². The van der Waals surface area contributed by atoms with Crippen LogP contribution in [-0.2, 0) is 17.4 Å². The van der Waals surface area contributed by atoms with Crippen molar-refractivity contribution >= 4 is 29.3 Å². The van der Waals surface area contributed by atoms with E-state index in [1.807, 2.05) is 58.3 Å². The second kappa shape index (κ2) is 13.6. The Bertz CT molecular complexity index is 1620. The first-order valence-corrected chi connectivity index (χ1v) is 15.5. The number of halogens is 3. The summed E-state index contributed by atoms with van der Waals surface area (Å²) in [6.45, 7) is 3.37. The molecule has 1 N–H and O–H groups in total. The minimum Gasteiger partial charge on any atom is -0.417 e. The predicted octanol–water partition coefficient (Wildman–Crippen LogP) is 6.01. The molecular weight excluding hydrogens is 597 g/mol. The van der Waals surface area contributed by atoms with Crippen LogP contribution in [0.4, 0.5) is 30.7 Å². The number of pyridine rings is 1.